The quantitative estimate of drug-likeness (QED) is 0.432. The number of amidine groups is 1. The second-order valence-corrected chi connectivity index (χ2v) is 6.37. The van der Waals surface area contributed by atoms with Gasteiger partial charge in [-0.25, -0.2) is 15.0 Å². The van der Waals surface area contributed by atoms with Crippen LogP contribution in [0.5, 0.6) is 5.88 Å². The van der Waals surface area contributed by atoms with E-state index in [2.05, 4.69) is 39.0 Å². The molecule has 2 rings (SSSR count). The summed E-state index contributed by atoms with van der Waals surface area (Å²) in [6.45, 7) is 4.03. The molecule has 3 N–H and O–H groups in total. The highest BCUT2D eigenvalue weighted by molar-refractivity contribution is 8.13. The minimum absolute atomic E-state index is 0.177. The molecule has 0 aliphatic rings. The van der Waals surface area contributed by atoms with Crippen molar-refractivity contribution in [1.82, 2.24) is 9.97 Å². The number of anilines is 1. The van der Waals surface area contributed by atoms with Gasteiger partial charge in [0.15, 0.2) is 11.8 Å². The van der Waals surface area contributed by atoms with Gasteiger partial charge in [0.05, 0.1) is 18.1 Å². The first-order chi connectivity index (χ1) is 13.1. The molecule has 0 fully saturated rings. The van der Waals surface area contributed by atoms with Gasteiger partial charge in [0.1, 0.15) is 5.69 Å². The molecule has 0 atom stereocenters. The number of thioether (sulfide) groups is 1. The number of nitrogens with two attached hydrogens (primary N) is 1. The van der Waals surface area contributed by atoms with Gasteiger partial charge in [0, 0.05) is 11.4 Å². The Morgan fingerprint density at radius 3 is 2.93 bits per heavy atom. The first kappa shape index (κ1) is 20.3. The van der Waals surface area contributed by atoms with Crippen molar-refractivity contribution >= 4 is 34.2 Å². The third kappa shape index (κ3) is 6.99. The molecule has 0 spiro atoms. The van der Waals surface area contributed by atoms with Gasteiger partial charge >= 0.3 is 0 Å². The molecular formula is C19H21N5O2S. The van der Waals surface area contributed by atoms with Crippen LogP contribution in [-0.2, 0) is 0 Å². The Morgan fingerprint density at radius 1 is 1.37 bits per heavy atom. The van der Waals surface area contributed by atoms with Crippen molar-refractivity contribution in [3.05, 3.63) is 42.4 Å². The number of carbonyl (C=O) groups is 1. The number of aliphatic imine (C=N–C) groups is 1. The van der Waals surface area contributed by atoms with Gasteiger partial charge in [0.2, 0.25) is 5.88 Å². The molecule has 8 heteroatoms. The van der Waals surface area contributed by atoms with E-state index in [0.29, 0.717) is 22.4 Å². The number of aromatic nitrogens is 2. The average Bonchev–Trinajstić information content (AvgIpc) is 2.67. The molecule has 1 amide bonds. The van der Waals surface area contributed by atoms with Gasteiger partial charge < -0.3 is 15.8 Å². The number of nitrogens with zero attached hydrogens (tertiary/aromatic N) is 3. The number of benzene rings is 1. The fourth-order valence-electron chi connectivity index (χ4n) is 1.90. The van der Waals surface area contributed by atoms with Crippen LogP contribution in [-0.4, -0.2) is 33.4 Å². The molecule has 1 aromatic carbocycles. The Kier molecular flexibility index (Phi) is 8.13. The summed E-state index contributed by atoms with van der Waals surface area (Å²) in [4.78, 5) is 24.8. The van der Waals surface area contributed by atoms with Crippen molar-refractivity contribution in [3.63, 3.8) is 0 Å². The summed E-state index contributed by atoms with van der Waals surface area (Å²) in [6.07, 6.45) is 3.76. The topological polar surface area (TPSA) is 102 Å². The van der Waals surface area contributed by atoms with E-state index < -0.39 is 0 Å². The second-order valence-electron chi connectivity index (χ2n) is 5.26. The van der Waals surface area contributed by atoms with Gasteiger partial charge in [-0.2, -0.15) is 0 Å². The van der Waals surface area contributed by atoms with Crippen LogP contribution in [0.25, 0.3) is 0 Å². The highest BCUT2D eigenvalue weighted by Crippen LogP contribution is 2.20. The lowest BCUT2D eigenvalue weighted by Crippen LogP contribution is -2.14. The van der Waals surface area contributed by atoms with Crippen LogP contribution in [0.4, 0.5) is 11.4 Å². The summed E-state index contributed by atoms with van der Waals surface area (Å²) >= 11 is 1.50. The van der Waals surface area contributed by atoms with Crippen LogP contribution in [0, 0.1) is 11.8 Å². The smallest absolute Gasteiger partial charge is 0.275 e. The molecule has 0 saturated heterocycles. The first-order valence-corrected chi connectivity index (χ1v) is 9.33. The van der Waals surface area contributed by atoms with Crippen LogP contribution in [0.1, 0.15) is 30.8 Å². The molecule has 0 unspecified atom stereocenters. The predicted molar refractivity (Wildman–Crippen MR) is 109 cm³/mol. The van der Waals surface area contributed by atoms with Crippen LogP contribution < -0.4 is 15.8 Å². The number of carbonyl (C=O) groups excluding carboxylic acids is 1. The average molecular weight is 383 g/mol. The van der Waals surface area contributed by atoms with Gasteiger partial charge in [-0.1, -0.05) is 30.7 Å². The molecule has 0 aliphatic carbocycles. The fraction of sp³-hybridized carbons (Fsp3) is 0.263. The van der Waals surface area contributed by atoms with E-state index in [1.165, 1.54) is 24.2 Å². The summed E-state index contributed by atoms with van der Waals surface area (Å²) in [6, 6.07) is 7.12. The Bertz CT molecular complexity index is 856. The Morgan fingerprint density at radius 2 is 2.22 bits per heavy atom. The third-order valence-corrected chi connectivity index (χ3v) is 4.13. The summed E-state index contributed by atoms with van der Waals surface area (Å²) < 4.78 is 5.27. The minimum Gasteiger partial charge on any atom is -0.463 e. The lowest BCUT2D eigenvalue weighted by atomic mass is 10.2. The lowest BCUT2D eigenvalue weighted by molar-refractivity contribution is 0.102. The van der Waals surface area contributed by atoms with E-state index in [1.54, 1.807) is 25.1 Å². The number of amides is 1. The predicted octanol–water partition coefficient (Wildman–Crippen LogP) is 3.22. The number of hydrogen-bond donors (Lipinski definition) is 2. The number of hydrogen-bond acceptors (Lipinski definition) is 6. The number of ether oxygens (including phenoxy) is 1. The van der Waals surface area contributed by atoms with E-state index in [-0.39, 0.29) is 18.2 Å². The minimum atomic E-state index is -0.378. The maximum absolute atomic E-state index is 12.3. The summed E-state index contributed by atoms with van der Waals surface area (Å²) in [7, 11) is 0. The molecule has 27 heavy (non-hydrogen) atoms. The standard InChI is InChI=1S/C19H21N5O2S/c1-3-5-9-26-17-13-21-16(12-22-17)18(25)23-14-7-6-8-15(11-14)24-19(20)27-10-4-2/h6-8,11-13H,4,9-10H2,1-2H3,(H2,20,24)(H,23,25). The van der Waals surface area contributed by atoms with Crippen LogP contribution in [0.3, 0.4) is 0 Å². The number of nitrogens with one attached hydrogen (secondary N) is 1. The molecule has 1 heterocycles. The normalized spacial score (nSPS) is 10.7. The monoisotopic (exact) mass is 383 g/mol. The first-order valence-electron chi connectivity index (χ1n) is 8.35. The molecule has 140 valence electrons. The number of rotatable bonds is 7. The van der Waals surface area contributed by atoms with E-state index >= 15 is 0 Å². The van der Waals surface area contributed by atoms with Gasteiger partial charge in [-0.15, -0.1) is 5.92 Å². The molecule has 0 saturated carbocycles. The van der Waals surface area contributed by atoms with Crippen molar-refractivity contribution in [2.75, 3.05) is 17.7 Å². The van der Waals surface area contributed by atoms with E-state index in [4.69, 9.17) is 10.5 Å². The molecule has 2 aromatic rings. The molecule has 0 bridgehead atoms. The lowest BCUT2D eigenvalue weighted by Gasteiger charge is -2.06. The molecule has 1 aromatic heterocycles. The largest absolute Gasteiger partial charge is 0.463 e. The molecule has 7 nitrogen and oxygen atoms in total. The molecule has 0 aliphatic heterocycles. The van der Waals surface area contributed by atoms with Crippen molar-refractivity contribution in [2.45, 2.75) is 20.3 Å². The van der Waals surface area contributed by atoms with Crippen molar-refractivity contribution < 1.29 is 9.53 Å². The second kappa shape index (κ2) is 10.8. The zero-order valence-electron chi connectivity index (χ0n) is 15.2. The summed E-state index contributed by atoms with van der Waals surface area (Å²) in [5.74, 6) is 6.32. The van der Waals surface area contributed by atoms with Gasteiger partial charge in [0.25, 0.3) is 5.91 Å². The van der Waals surface area contributed by atoms with E-state index in [9.17, 15) is 4.79 Å². The Labute approximate surface area is 162 Å². The third-order valence-electron chi connectivity index (χ3n) is 3.13. The van der Waals surface area contributed by atoms with Crippen LogP contribution >= 0.6 is 11.8 Å². The van der Waals surface area contributed by atoms with E-state index in [1.807, 2.05) is 6.07 Å². The van der Waals surface area contributed by atoms with Crippen LogP contribution in [0.2, 0.25) is 0 Å². The Hall–Kier alpha value is -3.05. The highest BCUT2D eigenvalue weighted by Gasteiger charge is 2.09. The summed E-state index contributed by atoms with van der Waals surface area (Å²) in [5, 5.41) is 3.26. The molecule has 0 radical (unpaired) electrons. The van der Waals surface area contributed by atoms with Gasteiger partial charge in [-0.3, -0.25) is 4.79 Å². The molecular weight excluding hydrogens is 362 g/mol. The van der Waals surface area contributed by atoms with Crippen molar-refractivity contribution in [3.8, 4) is 17.7 Å². The highest BCUT2D eigenvalue weighted by atomic mass is 32.2. The van der Waals surface area contributed by atoms with Crippen molar-refractivity contribution in [1.29, 1.82) is 0 Å². The maximum Gasteiger partial charge on any atom is 0.275 e. The maximum atomic E-state index is 12.3. The van der Waals surface area contributed by atoms with E-state index in [0.717, 1.165) is 12.2 Å². The summed E-state index contributed by atoms with van der Waals surface area (Å²) in [5.41, 5.74) is 7.32. The SMILES string of the molecule is CC#CCOc1cnc(C(=O)Nc2cccc(N=C(N)SCCC)c2)cn1. The van der Waals surface area contributed by atoms with Gasteiger partial charge in [-0.05, 0) is 31.5 Å². The fourth-order valence-corrected chi connectivity index (χ4v) is 2.49. The Balaban J connectivity index is 2.00. The zero-order chi connectivity index (χ0) is 19.5. The zero-order valence-corrected chi connectivity index (χ0v) is 16.0. The van der Waals surface area contributed by atoms with Crippen LogP contribution in [0.15, 0.2) is 41.7 Å². The van der Waals surface area contributed by atoms with Crippen molar-refractivity contribution in [2.24, 2.45) is 10.7 Å².